The topological polar surface area (TPSA) is 30.2 Å². The Hall–Kier alpha value is -2.62. The average Bonchev–Trinajstić information content (AvgIpc) is 3.01. The standard InChI is InChI=1S/C21H15Cl2N3/c22-17-9-3-1-7-15(17)13-24-21-25-19-11-5-6-12-20(19)26(21)14-16-8-2-4-10-18(16)23/h1-13H,14H2. The molecule has 0 radical (unpaired) electrons. The molecule has 0 spiro atoms. The molecular formula is C21H15Cl2N3. The van der Waals surface area contributed by atoms with Crippen molar-refractivity contribution in [1.29, 1.82) is 0 Å². The molecule has 1 heterocycles. The first-order chi connectivity index (χ1) is 12.7. The highest BCUT2D eigenvalue weighted by Crippen LogP contribution is 2.26. The molecule has 0 aliphatic heterocycles. The molecule has 3 nitrogen and oxygen atoms in total. The van der Waals surface area contributed by atoms with Crippen molar-refractivity contribution in [3.05, 3.63) is 94.0 Å². The molecule has 0 saturated heterocycles. The van der Waals surface area contributed by atoms with E-state index in [1.807, 2.05) is 72.8 Å². The zero-order valence-electron chi connectivity index (χ0n) is 13.8. The van der Waals surface area contributed by atoms with Crippen molar-refractivity contribution in [2.45, 2.75) is 6.54 Å². The minimum Gasteiger partial charge on any atom is -0.304 e. The first kappa shape index (κ1) is 16.8. The smallest absolute Gasteiger partial charge is 0.230 e. The van der Waals surface area contributed by atoms with Crippen LogP contribution in [0.4, 0.5) is 5.95 Å². The van der Waals surface area contributed by atoms with E-state index in [2.05, 4.69) is 14.5 Å². The molecule has 5 heteroatoms. The van der Waals surface area contributed by atoms with Gasteiger partial charge in [-0.25, -0.2) is 9.98 Å². The van der Waals surface area contributed by atoms with Gasteiger partial charge in [0.25, 0.3) is 0 Å². The van der Waals surface area contributed by atoms with E-state index in [-0.39, 0.29) is 0 Å². The van der Waals surface area contributed by atoms with Crippen LogP contribution in [0, 0.1) is 0 Å². The number of aromatic nitrogens is 2. The minimum absolute atomic E-state index is 0.593. The Bertz CT molecular complexity index is 1100. The lowest BCUT2D eigenvalue weighted by atomic mass is 10.2. The molecule has 0 aliphatic rings. The maximum atomic E-state index is 6.35. The summed E-state index contributed by atoms with van der Waals surface area (Å²) in [4.78, 5) is 9.26. The van der Waals surface area contributed by atoms with Crippen LogP contribution in [0.15, 0.2) is 77.8 Å². The Morgan fingerprint density at radius 3 is 2.35 bits per heavy atom. The van der Waals surface area contributed by atoms with Crippen LogP contribution in [0.1, 0.15) is 11.1 Å². The van der Waals surface area contributed by atoms with Gasteiger partial charge in [-0.1, -0.05) is 71.7 Å². The Kier molecular flexibility index (Phi) is 4.74. The fourth-order valence-electron chi connectivity index (χ4n) is 2.82. The SMILES string of the molecule is Clc1ccccc1C=Nc1nc2ccccc2n1Cc1ccccc1Cl. The summed E-state index contributed by atoms with van der Waals surface area (Å²) in [6.45, 7) is 0.593. The van der Waals surface area contributed by atoms with E-state index in [9.17, 15) is 0 Å². The van der Waals surface area contributed by atoms with Gasteiger partial charge in [0, 0.05) is 21.8 Å². The van der Waals surface area contributed by atoms with E-state index in [0.29, 0.717) is 17.5 Å². The summed E-state index contributed by atoms with van der Waals surface area (Å²) in [7, 11) is 0. The second kappa shape index (κ2) is 7.32. The second-order valence-corrected chi connectivity index (χ2v) is 6.67. The lowest BCUT2D eigenvalue weighted by molar-refractivity contribution is 0.827. The molecule has 0 atom stereocenters. The van der Waals surface area contributed by atoms with Gasteiger partial charge in [0.2, 0.25) is 5.95 Å². The summed E-state index contributed by atoms with van der Waals surface area (Å²) in [6, 6.07) is 23.4. The summed E-state index contributed by atoms with van der Waals surface area (Å²) in [5, 5.41) is 1.39. The molecule has 4 aromatic rings. The second-order valence-electron chi connectivity index (χ2n) is 5.86. The van der Waals surface area contributed by atoms with Gasteiger partial charge >= 0.3 is 0 Å². The van der Waals surface area contributed by atoms with Gasteiger partial charge in [0.1, 0.15) is 0 Å². The van der Waals surface area contributed by atoms with Gasteiger partial charge < -0.3 is 4.57 Å². The quantitative estimate of drug-likeness (QED) is 0.391. The number of nitrogens with zero attached hydrogens (tertiary/aromatic N) is 3. The molecule has 0 N–H and O–H groups in total. The van der Waals surface area contributed by atoms with Crippen LogP contribution < -0.4 is 0 Å². The van der Waals surface area contributed by atoms with Crippen molar-refractivity contribution in [1.82, 2.24) is 9.55 Å². The number of benzene rings is 3. The number of imidazole rings is 1. The third kappa shape index (κ3) is 3.36. The first-order valence-corrected chi connectivity index (χ1v) is 8.95. The number of rotatable bonds is 4. The maximum absolute atomic E-state index is 6.35. The van der Waals surface area contributed by atoms with Crippen molar-refractivity contribution in [2.75, 3.05) is 0 Å². The predicted octanol–water partition coefficient (Wildman–Crippen LogP) is 6.14. The van der Waals surface area contributed by atoms with E-state index in [4.69, 9.17) is 23.2 Å². The third-order valence-electron chi connectivity index (χ3n) is 4.15. The van der Waals surface area contributed by atoms with E-state index in [0.717, 1.165) is 27.2 Å². The van der Waals surface area contributed by atoms with Gasteiger partial charge in [-0.3, -0.25) is 0 Å². The number of aliphatic imine (C=N–C) groups is 1. The Balaban J connectivity index is 1.79. The first-order valence-electron chi connectivity index (χ1n) is 8.19. The highest BCUT2D eigenvalue weighted by atomic mass is 35.5. The van der Waals surface area contributed by atoms with E-state index in [1.165, 1.54) is 0 Å². The van der Waals surface area contributed by atoms with Gasteiger partial charge in [0.05, 0.1) is 17.6 Å². The lowest BCUT2D eigenvalue weighted by Gasteiger charge is -2.08. The van der Waals surface area contributed by atoms with E-state index in [1.54, 1.807) is 6.21 Å². The van der Waals surface area contributed by atoms with Crippen LogP contribution >= 0.6 is 23.2 Å². The normalized spacial score (nSPS) is 11.5. The van der Waals surface area contributed by atoms with Crippen LogP contribution in [0.5, 0.6) is 0 Å². The van der Waals surface area contributed by atoms with Crippen LogP contribution in [0.25, 0.3) is 11.0 Å². The highest BCUT2D eigenvalue weighted by Gasteiger charge is 2.11. The Labute approximate surface area is 161 Å². The molecule has 0 fully saturated rings. The number of hydrogen-bond donors (Lipinski definition) is 0. The maximum Gasteiger partial charge on any atom is 0.230 e. The molecule has 1 aromatic heterocycles. The highest BCUT2D eigenvalue weighted by molar-refractivity contribution is 6.33. The molecule has 0 bridgehead atoms. The van der Waals surface area contributed by atoms with Gasteiger partial charge in [-0.2, -0.15) is 0 Å². The van der Waals surface area contributed by atoms with Crippen molar-refractivity contribution in [3.63, 3.8) is 0 Å². The largest absolute Gasteiger partial charge is 0.304 e. The molecule has 4 rings (SSSR count). The van der Waals surface area contributed by atoms with Crippen LogP contribution in [-0.2, 0) is 6.54 Å². The fourth-order valence-corrected chi connectivity index (χ4v) is 3.20. The molecule has 3 aromatic carbocycles. The van der Waals surface area contributed by atoms with Crippen molar-refractivity contribution < 1.29 is 0 Å². The molecule has 0 saturated carbocycles. The lowest BCUT2D eigenvalue weighted by Crippen LogP contribution is -2.00. The van der Waals surface area contributed by atoms with Crippen molar-refractivity contribution in [2.24, 2.45) is 4.99 Å². The number of para-hydroxylation sites is 2. The predicted molar refractivity (Wildman–Crippen MR) is 109 cm³/mol. The minimum atomic E-state index is 0.593. The molecule has 128 valence electrons. The summed E-state index contributed by atoms with van der Waals surface area (Å²) < 4.78 is 2.06. The zero-order valence-corrected chi connectivity index (χ0v) is 15.3. The van der Waals surface area contributed by atoms with E-state index < -0.39 is 0 Å². The summed E-state index contributed by atoms with van der Waals surface area (Å²) in [5.41, 5.74) is 3.78. The van der Waals surface area contributed by atoms with Crippen molar-refractivity contribution >= 4 is 46.4 Å². The Morgan fingerprint density at radius 1 is 0.846 bits per heavy atom. The van der Waals surface area contributed by atoms with Crippen LogP contribution in [-0.4, -0.2) is 15.8 Å². The monoisotopic (exact) mass is 379 g/mol. The fraction of sp³-hybridized carbons (Fsp3) is 0.0476. The average molecular weight is 380 g/mol. The van der Waals surface area contributed by atoms with Crippen molar-refractivity contribution in [3.8, 4) is 0 Å². The van der Waals surface area contributed by atoms with Crippen LogP contribution in [0.2, 0.25) is 10.0 Å². The van der Waals surface area contributed by atoms with Gasteiger partial charge in [0.15, 0.2) is 0 Å². The van der Waals surface area contributed by atoms with Crippen LogP contribution in [0.3, 0.4) is 0 Å². The molecule has 0 amide bonds. The molecule has 0 aliphatic carbocycles. The van der Waals surface area contributed by atoms with Gasteiger partial charge in [-0.05, 0) is 29.8 Å². The number of hydrogen-bond acceptors (Lipinski definition) is 2. The zero-order chi connectivity index (χ0) is 17.9. The number of halogens is 2. The summed E-state index contributed by atoms with van der Waals surface area (Å²) in [6.07, 6.45) is 1.74. The molecule has 26 heavy (non-hydrogen) atoms. The molecular weight excluding hydrogens is 365 g/mol. The van der Waals surface area contributed by atoms with Gasteiger partial charge in [-0.15, -0.1) is 0 Å². The number of fused-ring (bicyclic) bond motifs is 1. The molecule has 0 unspecified atom stereocenters. The summed E-state index contributed by atoms with van der Waals surface area (Å²) in [5.74, 6) is 0.617. The van der Waals surface area contributed by atoms with E-state index >= 15 is 0 Å². The summed E-state index contributed by atoms with van der Waals surface area (Å²) >= 11 is 12.6. The Morgan fingerprint density at radius 2 is 1.54 bits per heavy atom. The third-order valence-corrected chi connectivity index (χ3v) is 4.86.